The summed E-state index contributed by atoms with van der Waals surface area (Å²) < 4.78 is 0. The lowest BCUT2D eigenvalue weighted by Crippen LogP contribution is -2.49. The van der Waals surface area contributed by atoms with Crippen molar-refractivity contribution in [2.45, 2.75) is 39.0 Å². The molecule has 0 bridgehead atoms. The van der Waals surface area contributed by atoms with E-state index >= 15 is 0 Å². The minimum atomic E-state index is -1.59. The smallest absolute Gasteiger partial charge is 0.189 e. The molecule has 2 aliphatic carbocycles. The first kappa shape index (κ1) is 16.9. The summed E-state index contributed by atoms with van der Waals surface area (Å²) in [5.74, 6) is -1.19. The predicted molar refractivity (Wildman–Crippen MR) is 94.6 cm³/mol. The Morgan fingerprint density at radius 1 is 1.16 bits per heavy atom. The Morgan fingerprint density at radius 3 is 2.52 bits per heavy atom. The molecule has 4 heteroatoms. The molecule has 124 valence electrons. The lowest BCUT2D eigenvalue weighted by Gasteiger charge is -2.46. The van der Waals surface area contributed by atoms with Crippen LogP contribution in [0.3, 0.4) is 0 Å². The lowest BCUT2D eigenvalue weighted by molar-refractivity contribution is 0.319. The number of nitrogens with zero attached hydrogens (tertiary/aromatic N) is 3. The van der Waals surface area contributed by atoms with Gasteiger partial charge in [-0.1, -0.05) is 29.8 Å². The van der Waals surface area contributed by atoms with Crippen molar-refractivity contribution in [3.63, 3.8) is 0 Å². The summed E-state index contributed by atoms with van der Waals surface area (Å²) in [7, 11) is 0. The minimum absolute atomic E-state index is 0.0349. The maximum atomic E-state index is 9.97. The highest BCUT2D eigenvalue weighted by Gasteiger charge is 2.57. The van der Waals surface area contributed by atoms with E-state index in [1.165, 1.54) is 0 Å². The van der Waals surface area contributed by atoms with Crippen molar-refractivity contribution in [1.29, 1.82) is 21.2 Å². The maximum Gasteiger partial charge on any atom is 0.189 e. The molecule has 0 aromatic heterocycles. The lowest BCUT2D eigenvalue weighted by atomic mass is 9.53. The van der Waals surface area contributed by atoms with Crippen molar-refractivity contribution in [1.82, 2.24) is 0 Å². The summed E-state index contributed by atoms with van der Waals surface area (Å²) in [5, 5.41) is 38.1. The highest BCUT2D eigenvalue weighted by atomic mass is 14.6. The number of nitriles is 3. The number of nitrogens with one attached hydrogen (secondary N) is 1. The van der Waals surface area contributed by atoms with Gasteiger partial charge < -0.3 is 5.41 Å². The Hall–Kier alpha value is -2.90. The average Bonchev–Trinajstić information content (AvgIpc) is 2.63. The van der Waals surface area contributed by atoms with Crippen LogP contribution < -0.4 is 0 Å². The summed E-state index contributed by atoms with van der Waals surface area (Å²) in [6.07, 6.45) is 4.78. The van der Waals surface area contributed by atoms with Gasteiger partial charge in [0.15, 0.2) is 5.41 Å². The molecule has 0 unspecified atom stereocenters. The van der Waals surface area contributed by atoms with E-state index in [1.54, 1.807) is 0 Å². The van der Waals surface area contributed by atoms with Gasteiger partial charge in [-0.05, 0) is 55.7 Å². The van der Waals surface area contributed by atoms with Gasteiger partial charge in [-0.3, -0.25) is 0 Å². The Balaban J connectivity index is 2.31. The number of benzene rings is 1. The monoisotopic (exact) mass is 328 g/mol. The molecule has 2 aliphatic rings. The summed E-state index contributed by atoms with van der Waals surface area (Å²) in [6.45, 7) is 3.98. The highest BCUT2D eigenvalue weighted by molar-refractivity contribution is 6.00. The minimum Gasteiger partial charge on any atom is -0.305 e. The van der Waals surface area contributed by atoms with Crippen molar-refractivity contribution in [3.8, 4) is 18.2 Å². The second kappa shape index (κ2) is 6.19. The van der Waals surface area contributed by atoms with Crippen LogP contribution in [0.1, 0.15) is 41.9 Å². The molecule has 0 radical (unpaired) electrons. The van der Waals surface area contributed by atoms with Gasteiger partial charge in [0, 0.05) is 5.92 Å². The molecule has 1 aromatic carbocycles. The Bertz CT molecular complexity index is 874. The zero-order valence-corrected chi connectivity index (χ0v) is 14.5. The van der Waals surface area contributed by atoms with Gasteiger partial charge in [0.2, 0.25) is 0 Å². The van der Waals surface area contributed by atoms with Gasteiger partial charge in [-0.25, -0.2) is 0 Å². The van der Waals surface area contributed by atoms with E-state index in [2.05, 4.69) is 24.3 Å². The van der Waals surface area contributed by atoms with Gasteiger partial charge in [0.25, 0.3) is 0 Å². The first-order valence-corrected chi connectivity index (χ1v) is 8.58. The summed E-state index contributed by atoms with van der Waals surface area (Å²) in [6, 6.07) is 12.5. The van der Waals surface area contributed by atoms with Crippen molar-refractivity contribution in [2.24, 2.45) is 17.3 Å². The molecule has 0 heterocycles. The molecule has 3 atom stereocenters. The maximum absolute atomic E-state index is 9.97. The average molecular weight is 328 g/mol. The number of hydrogen-bond donors (Lipinski definition) is 1. The van der Waals surface area contributed by atoms with E-state index in [0.29, 0.717) is 0 Å². The molecular weight excluding hydrogens is 308 g/mol. The Morgan fingerprint density at radius 2 is 1.88 bits per heavy atom. The van der Waals surface area contributed by atoms with Crippen LogP contribution >= 0.6 is 0 Å². The predicted octanol–water partition coefficient (Wildman–Crippen LogP) is 4.32. The van der Waals surface area contributed by atoms with E-state index < -0.39 is 17.3 Å². The van der Waals surface area contributed by atoms with Crippen LogP contribution in [0.4, 0.5) is 0 Å². The molecule has 0 amide bonds. The molecule has 0 spiro atoms. The van der Waals surface area contributed by atoms with E-state index in [-0.39, 0.29) is 11.6 Å². The van der Waals surface area contributed by atoms with Crippen LogP contribution in [0, 0.1) is 70.5 Å². The molecule has 1 aromatic rings. The molecule has 3 rings (SSSR count). The second-order valence-corrected chi connectivity index (χ2v) is 7.09. The van der Waals surface area contributed by atoms with Crippen LogP contribution in [0.15, 0.2) is 29.8 Å². The van der Waals surface area contributed by atoms with Gasteiger partial charge in [0.05, 0.1) is 23.9 Å². The van der Waals surface area contributed by atoms with Crippen molar-refractivity contribution in [2.75, 3.05) is 0 Å². The molecule has 1 saturated carbocycles. The summed E-state index contributed by atoms with van der Waals surface area (Å²) >= 11 is 0. The summed E-state index contributed by atoms with van der Waals surface area (Å²) in [4.78, 5) is 0. The van der Waals surface area contributed by atoms with Crippen LogP contribution in [0.25, 0.3) is 0 Å². The third-order valence-electron chi connectivity index (χ3n) is 5.69. The van der Waals surface area contributed by atoms with E-state index in [9.17, 15) is 15.8 Å². The van der Waals surface area contributed by atoms with Crippen LogP contribution in [0.5, 0.6) is 0 Å². The van der Waals surface area contributed by atoms with Crippen molar-refractivity contribution in [3.05, 3.63) is 46.5 Å². The number of fused-ring (bicyclic) bond motifs is 1. The van der Waals surface area contributed by atoms with Gasteiger partial charge in [-0.2, -0.15) is 15.8 Å². The van der Waals surface area contributed by atoms with Crippen LogP contribution in [-0.2, 0) is 0 Å². The Labute approximate surface area is 148 Å². The molecule has 4 nitrogen and oxygen atoms in total. The normalized spacial score (nSPS) is 27.2. The second-order valence-electron chi connectivity index (χ2n) is 7.09. The van der Waals surface area contributed by atoms with Gasteiger partial charge in [0.1, 0.15) is 5.92 Å². The fourth-order valence-corrected chi connectivity index (χ4v) is 4.45. The first-order chi connectivity index (χ1) is 12.0. The third kappa shape index (κ3) is 2.36. The number of rotatable bonds is 1. The fourth-order valence-electron chi connectivity index (χ4n) is 4.45. The molecule has 25 heavy (non-hydrogen) atoms. The van der Waals surface area contributed by atoms with Gasteiger partial charge in [-0.15, -0.1) is 0 Å². The Kier molecular flexibility index (Phi) is 4.20. The quantitative estimate of drug-likeness (QED) is 0.777. The van der Waals surface area contributed by atoms with E-state index in [0.717, 1.165) is 41.5 Å². The largest absolute Gasteiger partial charge is 0.305 e. The van der Waals surface area contributed by atoms with Gasteiger partial charge >= 0.3 is 0 Å². The fraction of sp³-hybridized carbons (Fsp3) is 0.429. The van der Waals surface area contributed by atoms with Crippen molar-refractivity contribution < 1.29 is 0 Å². The van der Waals surface area contributed by atoms with Crippen LogP contribution in [0.2, 0.25) is 0 Å². The topological polar surface area (TPSA) is 95.2 Å². The molecule has 1 fully saturated rings. The zero-order chi connectivity index (χ0) is 18.2. The highest BCUT2D eigenvalue weighted by Crippen LogP contribution is 2.55. The van der Waals surface area contributed by atoms with Crippen molar-refractivity contribution >= 4 is 5.71 Å². The number of aryl methyl sites for hydroxylation is 2. The number of hydrogen-bond acceptors (Lipinski definition) is 4. The molecule has 1 N–H and O–H groups in total. The molecule has 0 saturated heterocycles. The standard InChI is InChI=1S/C21H20N4/c1-13-7-8-14(2)17(9-13)19-16-6-4-3-5-15(16)18(10-22)20(25)21(19,11-23)12-24/h5,7-9,16,18-19,25H,3-4,6H2,1-2H3/t16-,18-,19-/m1/s1. The zero-order valence-electron chi connectivity index (χ0n) is 14.5. The van der Waals surface area contributed by atoms with E-state index in [4.69, 9.17) is 5.41 Å². The third-order valence-corrected chi connectivity index (χ3v) is 5.69. The van der Waals surface area contributed by atoms with E-state index in [1.807, 2.05) is 32.0 Å². The molecule has 0 aliphatic heterocycles. The first-order valence-electron chi connectivity index (χ1n) is 8.58. The summed E-state index contributed by atoms with van der Waals surface area (Å²) in [5.41, 5.74) is 2.35. The number of allylic oxidation sites excluding steroid dienone is 2. The molecular formula is C21H20N4. The van der Waals surface area contributed by atoms with Crippen LogP contribution in [-0.4, -0.2) is 5.71 Å². The SMILES string of the molecule is Cc1ccc(C)c([C@H]2[C@@H]3CCCC=C3[C@@H](C#N)C(=N)C2(C#N)C#N)c1.